The number of rotatable bonds is 3. The number of benzene rings is 1. The summed E-state index contributed by atoms with van der Waals surface area (Å²) in [7, 11) is 0. The SMILES string of the molecule is C=CCNc1ccccc1C(F)(F)F. The molecule has 1 aromatic carbocycles. The minimum atomic E-state index is -4.31. The Labute approximate surface area is 80.2 Å². The van der Waals surface area contributed by atoms with E-state index in [1.165, 1.54) is 18.2 Å². The molecule has 0 spiro atoms. The van der Waals surface area contributed by atoms with Gasteiger partial charge in [0.1, 0.15) is 0 Å². The Balaban J connectivity index is 2.97. The monoisotopic (exact) mass is 201 g/mol. The highest BCUT2D eigenvalue weighted by molar-refractivity contribution is 5.52. The van der Waals surface area contributed by atoms with Gasteiger partial charge < -0.3 is 5.32 Å². The first-order valence-corrected chi connectivity index (χ1v) is 4.06. The Bertz CT molecular complexity index is 317. The van der Waals surface area contributed by atoms with Crippen molar-refractivity contribution in [2.75, 3.05) is 11.9 Å². The minimum absolute atomic E-state index is 0.0832. The highest BCUT2D eigenvalue weighted by Gasteiger charge is 2.32. The van der Waals surface area contributed by atoms with Crippen molar-refractivity contribution in [1.29, 1.82) is 0 Å². The first-order chi connectivity index (χ1) is 6.55. The molecule has 1 N–H and O–H groups in total. The van der Waals surface area contributed by atoms with Gasteiger partial charge in [-0.3, -0.25) is 0 Å². The molecule has 1 rings (SSSR count). The molecule has 0 bridgehead atoms. The predicted octanol–water partition coefficient (Wildman–Crippen LogP) is 3.30. The van der Waals surface area contributed by atoms with Gasteiger partial charge in [-0.1, -0.05) is 18.2 Å². The summed E-state index contributed by atoms with van der Waals surface area (Å²) in [6.45, 7) is 3.74. The first-order valence-electron chi connectivity index (χ1n) is 4.06. The minimum Gasteiger partial charge on any atom is -0.381 e. The zero-order valence-corrected chi connectivity index (χ0v) is 7.43. The second kappa shape index (κ2) is 4.17. The largest absolute Gasteiger partial charge is 0.418 e. The van der Waals surface area contributed by atoms with Crippen LogP contribution in [0.15, 0.2) is 36.9 Å². The molecule has 0 saturated heterocycles. The summed E-state index contributed by atoms with van der Waals surface area (Å²) >= 11 is 0. The van der Waals surface area contributed by atoms with Gasteiger partial charge in [0, 0.05) is 12.2 Å². The van der Waals surface area contributed by atoms with Crippen LogP contribution in [0.2, 0.25) is 0 Å². The van der Waals surface area contributed by atoms with E-state index in [2.05, 4.69) is 11.9 Å². The first kappa shape index (κ1) is 10.6. The van der Waals surface area contributed by atoms with Crippen LogP contribution >= 0.6 is 0 Å². The lowest BCUT2D eigenvalue weighted by atomic mass is 10.1. The van der Waals surface area contributed by atoms with Gasteiger partial charge in [0.05, 0.1) is 5.56 Å². The fraction of sp³-hybridized carbons (Fsp3) is 0.200. The molecule has 0 heterocycles. The second-order valence-electron chi connectivity index (χ2n) is 2.71. The van der Waals surface area contributed by atoms with Crippen LogP contribution < -0.4 is 5.32 Å². The molecule has 0 unspecified atom stereocenters. The molecular weight excluding hydrogens is 191 g/mol. The standard InChI is InChI=1S/C10H10F3N/c1-2-7-14-9-6-4-3-5-8(9)10(11,12)13/h2-6,14H,1,7H2. The van der Waals surface area contributed by atoms with Gasteiger partial charge >= 0.3 is 6.18 Å². The molecule has 0 atom stereocenters. The van der Waals surface area contributed by atoms with Crippen molar-refractivity contribution in [2.45, 2.75) is 6.18 Å². The lowest BCUT2D eigenvalue weighted by Crippen LogP contribution is -2.10. The molecule has 1 nitrogen and oxygen atoms in total. The highest BCUT2D eigenvalue weighted by atomic mass is 19.4. The van der Waals surface area contributed by atoms with Crippen molar-refractivity contribution in [3.8, 4) is 0 Å². The van der Waals surface area contributed by atoms with Gasteiger partial charge in [-0.2, -0.15) is 13.2 Å². The van der Waals surface area contributed by atoms with Crippen molar-refractivity contribution in [3.05, 3.63) is 42.5 Å². The van der Waals surface area contributed by atoms with E-state index in [0.29, 0.717) is 6.54 Å². The summed E-state index contributed by atoms with van der Waals surface area (Å²) in [6, 6.07) is 5.36. The Morgan fingerprint density at radius 2 is 1.93 bits per heavy atom. The molecule has 4 heteroatoms. The van der Waals surface area contributed by atoms with Gasteiger partial charge in [0.15, 0.2) is 0 Å². The maximum absolute atomic E-state index is 12.4. The average molecular weight is 201 g/mol. The molecule has 76 valence electrons. The van der Waals surface area contributed by atoms with Gasteiger partial charge in [-0.05, 0) is 12.1 Å². The van der Waals surface area contributed by atoms with E-state index in [0.717, 1.165) is 6.07 Å². The number of nitrogens with one attached hydrogen (secondary N) is 1. The highest BCUT2D eigenvalue weighted by Crippen LogP contribution is 2.34. The number of para-hydroxylation sites is 1. The molecule has 0 aromatic heterocycles. The average Bonchev–Trinajstić information content (AvgIpc) is 2.14. The zero-order valence-electron chi connectivity index (χ0n) is 7.43. The lowest BCUT2D eigenvalue weighted by Gasteiger charge is -2.12. The summed E-state index contributed by atoms with van der Waals surface area (Å²) in [6.07, 6.45) is -2.81. The van der Waals surface area contributed by atoms with Gasteiger partial charge in [-0.15, -0.1) is 6.58 Å². The van der Waals surface area contributed by atoms with Crippen LogP contribution in [0, 0.1) is 0 Å². The number of hydrogen-bond donors (Lipinski definition) is 1. The maximum atomic E-state index is 12.4. The summed E-state index contributed by atoms with van der Waals surface area (Å²) in [5.41, 5.74) is -0.568. The van der Waals surface area contributed by atoms with Crippen molar-refractivity contribution >= 4 is 5.69 Å². The van der Waals surface area contributed by atoms with Crippen molar-refractivity contribution < 1.29 is 13.2 Å². The third-order valence-electron chi connectivity index (χ3n) is 1.67. The van der Waals surface area contributed by atoms with Gasteiger partial charge in [0.25, 0.3) is 0 Å². The van der Waals surface area contributed by atoms with E-state index >= 15 is 0 Å². The van der Waals surface area contributed by atoms with E-state index in [1.807, 2.05) is 0 Å². The summed E-state index contributed by atoms with van der Waals surface area (Å²) in [5, 5.41) is 2.63. The molecule has 0 aliphatic heterocycles. The Morgan fingerprint density at radius 1 is 1.29 bits per heavy atom. The third-order valence-corrected chi connectivity index (χ3v) is 1.67. The molecule has 0 aliphatic rings. The normalized spacial score (nSPS) is 11.1. The molecule has 0 aliphatic carbocycles. The number of hydrogen-bond acceptors (Lipinski definition) is 1. The van der Waals surface area contributed by atoms with Crippen LogP contribution in [0.3, 0.4) is 0 Å². The Kier molecular flexibility index (Phi) is 3.17. The number of alkyl halides is 3. The van der Waals surface area contributed by atoms with Crippen LogP contribution in [0.4, 0.5) is 18.9 Å². The Hall–Kier alpha value is -1.45. The van der Waals surface area contributed by atoms with Crippen LogP contribution in [0.1, 0.15) is 5.56 Å². The third kappa shape index (κ3) is 2.52. The molecule has 0 radical (unpaired) electrons. The van der Waals surface area contributed by atoms with Crippen LogP contribution in [-0.2, 0) is 6.18 Å². The van der Waals surface area contributed by atoms with Crippen molar-refractivity contribution in [1.82, 2.24) is 0 Å². The fourth-order valence-electron chi connectivity index (χ4n) is 1.07. The van der Waals surface area contributed by atoms with Crippen molar-refractivity contribution in [3.63, 3.8) is 0 Å². The molecule has 0 amide bonds. The molecule has 0 saturated carbocycles. The van der Waals surface area contributed by atoms with Crippen LogP contribution in [-0.4, -0.2) is 6.54 Å². The van der Waals surface area contributed by atoms with Crippen molar-refractivity contribution in [2.24, 2.45) is 0 Å². The second-order valence-corrected chi connectivity index (χ2v) is 2.71. The van der Waals surface area contributed by atoms with E-state index in [9.17, 15) is 13.2 Å². The molecular formula is C10H10F3N. The zero-order chi connectivity index (χ0) is 10.6. The van der Waals surface area contributed by atoms with E-state index in [1.54, 1.807) is 6.07 Å². The summed E-state index contributed by atoms with van der Waals surface area (Å²) in [4.78, 5) is 0. The smallest absolute Gasteiger partial charge is 0.381 e. The summed E-state index contributed by atoms with van der Waals surface area (Å²) < 4.78 is 37.2. The topological polar surface area (TPSA) is 12.0 Å². The van der Waals surface area contributed by atoms with E-state index < -0.39 is 11.7 Å². The van der Waals surface area contributed by atoms with Gasteiger partial charge in [-0.25, -0.2) is 0 Å². The molecule has 0 fully saturated rings. The predicted molar refractivity (Wildman–Crippen MR) is 50.1 cm³/mol. The maximum Gasteiger partial charge on any atom is 0.418 e. The number of anilines is 1. The summed E-state index contributed by atoms with van der Waals surface area (Å²) in [5.74, 6) is 0. The van der Waals surface area contributed by atoms with E-state index in [-0.39, 0.29) is 5.69 Å². The van der Waals surface area contributed by atoms with E-state index in [4.69, 9.17) is 0 Å². The Morgan fingerprint density at radius 3 is 2.50 bits per heavy atom. The van der Waals surface area contributed by atoms with Gasteiger partial charge in [0.2, 0.25) is 0 Å². The quantitative estimate of drug-likeness (QED) is 0.740. The molecule has 14 heavy (non-hydrogen) atoms. The molecule has 1 aromatic rings. The lowest BCUT2D eigenvalue weighted by molar-refractivity contribution is -0.136. The number of halogens is 3. The van der Waals surface area contributed by atoms with Crippen LogP contribution in [0.25, 0.3) is 0 Å². The fourth-order valence-corrected chi connectivity index (χ4v) is 1.07. The van der Waals surface area contributed by atoms with Crippen LogP contribution in [0.5, 0.6) is 0 Å².